The second kappa shape index (κ2) is 8.78. The van der Waals surface area contributed by atoms with Crippen LogP contribution in [0, 0.1) is 5.82 Å². The van der Waals surface area contributed by atoms with Gasteiger partial charge in [-0.25, -0.2) is 14.0 Å². The van der Waals surface area contributed by atoms with E-state index in [1.807, 2.05) is 18.2 Å². The number of fused-ring (bicyclic) bond motifs is 1. The number of amides is 1. The Kier molecular flexibility index (Phi) is 5.75. The molecule has 30 heavy (non-hydrogen) atoms. The van der Waals surface area contributed by atoms with Gasteiger partial charge in [0.15, 0.2) is 5.58 Å². The molecule has 1 N–H and O–H groups in total. The predicted octanol–water partition coefficient (Wildman–Crippen LogP) is 4.98. The van der Waals surface area contributed by atoms with E-state index >= 15 is 0 Å². The van der Waals surface area contributed by atoms with Crippen LogP contribution in [0.3, 0.4) is 0 Å². The van der Waals surface area contributed by atoms with Crippen LogP contribution >= 0.6 is 0 Å². The summed E-state index contributed by atoms with van der Waals surface area (Å²) in [5.41, 5.74) is 3.52. The maximum Gasteiger partial charge on any atom is 0.428 e. The normalized spacial score (nSPS) is 11.0. The standard InChI is InChI=1S/C24H21FN2O3/c25-20-12-9-18(10-13-20)19-11-14-21-22(16-19)30-24(29)27(21)23(28)26-15-5-4-8-17-6-2-1-3-7-17/h1-3,6-7,9-14,16H,4-5,8,15H2,(H,26,28). The Morgan fingerprint density at radius 3 is 2.43 bits per heavy atom. The lowest BCUT2D eigenvalue weighted by Gasteiger charge is -2.06. The van der Waals surface area contributed by atoms with Crippen molar-refractivity contribution in [3.8, 4) is 11.1 Å². The number of nitrogens with zero attached hydrogens (tertiary/aromatic N) is 1. The fourth-order valence-electron chi connectivity index (χ4n) is 3.41. The van der Waals surface area contributed by atoms with E-state index in [9.17, 15) is 14.0 Å². The topological polar surface area (TPSA) is 64.2 Å². The predicted molar refractivity (Wildman–Crippen MR) is 114 cm³/mol. The Morgan fingerprint density at radius 1 is 0.933 bits per heavy atom. The van der Waals surface area contributed by atoms with Gasteiger partial charge >= 0.3 is 11.8 Å². The maximum atomic E-state index is 13.1. The Balaban J connectivity index is 1.41. The highest BCUT2D eigenvalue weighted by atomic mass is 19.1. The number of unbranched alkanes of at least 4 members (excludes halogenated alkanes) is 1. The monoisotopic (exact) mass is 404 g/mol. The zero-order valence-electron chi connectivity index (χ0n) is 16.3. The lowest BCUT2D eigenvalue weighted by Crippen LogP contribution is -2.34. The number of carbonyl (C=O) groups is 1. The van der Waals surface area contributed by atoms with E-state index in [-0.39, 0.29) is 5.82 Å². The lowest BCUT2D eigenvalue weighted by molar-refractivity contribution is 0.241. The minimum atomic E-state index is -0.733. The van der Waals surface area contributed by atoms with Crippen molar-refractivity contribution in [3.05, 3.63) is 94.7 Å². The van der Waals surface area contributed by atoms with Crippen LogP contribution in [0.1, 0.15) is 18.4 Å². The van der Waals surface area contributed by atoms with Crippen LogP contribution in [0.2, 0.25) is 0 Å². The summed E-state index contributed by atoms with van der Waals surface area (Å²) in [7, 11) is 0. The molecule has 0 saturated heterocycles. The number of oxazole rings is 1. The summed E-state index contributed by atoms with van der Waals surface area (Å²) in [6, 6.07) is 20.8. The molecule has 1 heterocycles. The number of aryl methyl sites for hydroxylation is 1. The first kappa shape index (κ1) is 19.6. The van der Waals surface area contributed by atoms with Crippen molar-refractivity contribution in [2.45, 2.75) is 19.3 Å². The van der Waals surface area contributed by atoms with Crippen LogP contribution in [-0.2, 0) is 6.42 Å². The number of rotatable bonds is 6. The highest BCUT2D eigenvalue weighted by Crippen LogP contribution is 2.24. The van der Waals surface area contributed by atoms with Crippen LogP contribution in [-0.4, -0.2) is 17.1 Å². The van der Waals surface area contributed by atoms with Crippen molar-refractivity contribution in [2.75, 3.05) is 6.54 Å². The smallest absolute Gasteiger partial charge is 0.407 e. The summed E-state index contributed by atoms with van der Waals surface area (Å²) in [4.78, 5) is 24.7. The first-order valence-electron chi connectivity index (χ1n) is 9.85. The third-order valence-electron chi connectivity index (χ3n) is 4.97. The van der Waals surface area contributed by atoms with E-state index in [0.29, 0.717) is 17.6 Å². The molecule has 0 saturated carbocycles. The van der Waals surface area contributed by atoms with E-state index in [2.05, 4.69) is 17.4 Å². The fourth-order valence-corrected chi connectivity index (χ4v) is 3.41. The molecule has 3 aromatic carbocycles. The van der Waals surface area contributed by atoms with E-state index < -0.39 is 11.8 Å². The Morgan fingerprint density at radius 2 is 1.67 bits per heavy atom. The van der Waals surface area contributed by atoms with Crippen molar-refractivity contribution >= 4 is 17.1 Å². The van der Waals surface area contributed by atoms with Crippen LogP contribution in [0.15, 0.2) is 82.0 Å². The third-order valence-corrected chi connectivity index (χ3v) is 4.97. The van der Waals surface area contributed by atoms with Crippen LogP contribution in [0.5, 0.6) is 0 Å². The minimum absolute atomic E-state index is 0.307. The molecular formula is C24H21FN2O3. The van der Waals surface area contributed by atoms with E-state index in [4.69, 9.17) is 4.42 Å². The van der Waals surface area contributed by atoms with Crippen LogP contribution < -0.4 is 11.1 Å². The molecule has 0 fully saturated rings. The van der Waals surface area contributed by atoms with Gasteiger partial charge in [-0.2, -0.15) is 4.57 Å². The molecular weight excluding hydrogens is 383 g/mol. The summed E-state index contributed by atoms with van der Waals surface area (Å²) in [5, 5.41) is 2.78. The molecule has 0 atom stereocenters. The number of halogens is 1. The summed E-state index contributed by atoms with van der Waals surface area (Å²) in [5.74, 6) is -1.05. The maximum absolute atomic E-state index is 13.1. The van der Waals surface area contributed by atoms with Gasteiger partial charge in [0.25, 0.3) is 0 Å². The summed E-state index contributed by atoms with van der Waals surface area (Å²) in [6.45, 7) is 0.471. The molecule has 6 heteroatoms. The Hall–Kier alpha value is -3.67. The van der Waals surface area contributed by atoms with Gasteiger partial charge in [0, 0.05) is 6.54 Å². The van der Waals surface area contributed by atoms with Gasteiger partial charge in [-0.1, -0.05) is 48.5 Å². The van der Waals surface area contributed by atoms with E-state index in [1.54, 1.807) is 30.3 Å². The van der Waals surface area contributed by atoms with Crippen molar-refractivity contribution in [2.24, 2.45) is 0 Å². The molecule has 5 nitrogen and oxygen atoms in total. The molecule has 0 radical (unpaired) electrons. The molecule has 0 unspecified atom stereocenters. The number of nitrogens with one attached hydrogen (secondary N) is 1. The Bertz CT molecular complexity index is 1210. The van der Waals surface area contributed by atoms with Gasteiger partial charge in [-0.05, 0) is 60.2 Å². The van der Waals surface area contributed by atoms with Crippen molar-refractivity contribution in [1.29, 1.82) is 0 Å². The molecule has 0 aliphatic heterocycles. The number of carbonyl (C=O) groups excluding carboxylic acids is 1. The number of hydrogen-bond donors (Lipinski definition) is 1. The van der Waals surface area contributed by atoms with Crippen molar-refractivity contribution in [3.63, 3.8) is 0 Å². The quantitative estimate of drug-likeness (QED) is 0.461. The molecule has 0 bridgehead atoms. The molecule has 152 valence electrons. The average molecular weight is 404 g/mol. The van der Waals surface area contributed by atoms with Crippen molar-refractivity contribution < 1.29 is 13.6 Å². The number of benzene rings is 3. The summed E-state index contributed by atoms with van der Waals surface area (Å²) >= 11 is 0. The molecule has 1 aromatic heterocycles. The van der Waals surface area contributed by atoms with E-state index in [0.717, 1.165) is 35.0 Å². The zero-order chi connectivity index (χ0) is 20.9. The fraction of sp³-hybridized carbons (Fsp3) is 0.167. The summed E-state index contributed by atoms with van der Waals surface area (Å²) in [6.07, 6.45) is 2.68. The Labute approximate surface area is 172 Å². The third kappa shape index (κ3) is 4.33. The molecule has 1 amide bonds. The highest BCUT2D eigenvalue weighted by Gasteiger charge is 2.16. The van der Waals surface area contributed by atoms with Gasteiger partial charge in [0.05, 0.1) is 5.52 Å². The summed E-state index contributed by atoms with van der Waals surface area (Å²) < 4.78 is 19.4. The van der Waals surface area contributed by atoms with Gasteiger partial charge in [-0.15, -0.1) is 0 Å². The zero-order valence-corrected chi connectivity index (χ0v) is 16.3. The van der Waals surface area contributed by atoms with Crippen molar-refractivity contribution in [1.82, 2.24) is 9.88 Å². The second-order valence-corrected chi connectivity index (χ2v) is 7.07. The minimum Gasteiger partial charge on any atom is -0.407 e. The average Bonchev–Trinajstić information content (AvgIpc) is 3.09. The van der Waals surface area contributed by atoms with Gasteiger partial charge < -0.3 is 9.73 Å². The van der Waals surface area contributed by atoms with Gasteiger partial charge in [0.2, 0.25) is 0 Å². The van der Waals surface area contributed by atoms with Crippen LogP contribution in [0.4, 0.5) is 9.18 Å². The molecule has 0 aliphatic carbocycles. The van der Waals surface area contributed by atoms with Gasteiger partial charge in [-0.3, -0.25) is 0 Å². The first-order chi connectivity index (χ1) is 14.6. The molecule has 0 spiro atoms. The molecule has 0 aliphatic rings. The number of aromatic nitrogens is 1. The first-order valence-corrected chi connectivity index (χ1v) is 9.85. The van der Waals surface area contributed by atoms with E-state index in [1.165, 1.54) is 17.7 Å². The molecule has 4 rings (SSSR count). The molecule has 4 aromatic rings. The lowest BCUT2D eigenvalue weighted by atomic mass is 10.1. The SMILES string of the molecule is O=C(NCCCCc1ccccc1)n1c(=O)oc2cc(-c3ccc(F)cc3)ccc21. The number of hydrogen-bond acceptors (Lipinski definition) is 3. The van der Waals surface area contributed by atoms with Gasteiger partial charge in [0.1, 0.15) is 5.82 Å². The largest absolute Gasteiger partial charge is 0.428 e. The highest BCUT2D eigenvalue weighted by molar-refractivity contribution is 5.90. The van der Waals surface area contributed by atoms with Crippen LogP contribution in [0.25, 0.3) is 22.2 Å². The second-order valence-electron chi connectivity index (χ2n) is 7.07.